The molecule has 1 N–H and O–H groups in total. The highest BCUT2D eigenvalue weighted by Gasteiger charge is 2.39. The molecule has 0 heterocycles. The maximum absolute atomic E-state index is 11.5. The third-order valence-electron chi connectivity index (χ3n) is 4.46. The Labute approximate surface area is 120 Å². The van der Waals surface area contributed by atoms with E-state index >= 15 is 0 Å². The van der Waals surface area contributed by atoms with Gasteiger partial charge in [0.05, 0.1) is 12.5 Å². The topological polar surface area (TPSA) is 46.5 Å². The van der Waals surface area contributed by atoms with E-state index in [9.17, 15) is 9.90 Å². The summed E-state index contributed by atoms with van der Waals surface area (Å²) < 4.78 is 5.17. The van der Waals surface area contributed by atoms with Gasteiger partial charge in [0.2, 0.25) is 0 Å². The average Bonchev–Trinajstić information content (AvgIpc) is 2.47. The van der Waals surface area contributed by atoms with Gasteiger partial charge in [-0.1, -0.05) is 30.7 Å². The lowest BCUT2D eigenvalue weighted by Gasteiger charge is -2.34. The molecule has 2 atom stereocenters. The maximum atomic E-state index is 11.5. The Morgan fingerprint density at radius 3 is 2.55 bits per heavy atom. The van der Waals surface area contributed by atoms with Crippen LogP contribution in [0.4, 0.5) is 0 Å². The Morgan fingerprint density at radius 1 is 1.40 bits per heavy atom. The number of hydrogen-bond donors (Lipinski definition) is 1. The fraction of sp³-hybridized carbons (Fsp3) is 0.471. The molecule has 0 radical (unpaired) electrons. The highest BCUT2D eigenvalue weighted by molar-refractivity contribution is 5.78. The standard InChI is InChI=1S/C17H22O3/c1-4-14-11-13(9-10-17(14,2)16(18)19)12-5-7-15(20-3)8-6-12/h5-8,11,13H,4,9-10H2,1-3H3,(H,18,19). The molecule has 2 rings (SSSR count). The molecular formula is C17H22O3. The van der Waals surface area contributed by atoms with Crippen LogP contribution in [0.25, 0.3) is 0 Å². The van der Waals surface area contributed by atoms with Crippen molar-refractivity contribution in [2.75, 3.05) is 7.11 Å². The van der Waals surface area contributed by atoms with E-state index < -0.39 is 11.4 Å². The largest absolute Gasteiger partial charge is 0.497 e. The molecule has 1 aromatic carbocycles. The summed E-state index contributed by atoms with van der Waals surface area (Å²) in [4.78, 5) is 11.5. The summed E-state index contributed by atoms with van der Waals surface area (Å²) in [6, 6.07) is 8.05. The minimum atomic E-state index is -0.709. The van der Waals surface area contributed by atoms with Gasteiger partial charge in [-0.3, -0.25) is 4.79 Å². The summed E-state index contributed by atoms with van der Waals surface area (Å²) in [5.74, 6) is 0.446. The predicted molar refractivity (Wildman–Crippen MR) is 79.1 cm³/mol. The van der Waals surface area contributed by atoms with Crippen molar-refractivity contribution in [1.29, 1.82) is 0 Å². The Morgan fingerprint density at radius 2 is 2.05 bits per heavy atom. The first-order valence-corrected chi connectivity index (χ1v) is 7.09. The summed E-state index contributed by atoms with van der Waals surface area (Å²) in [6.07, 6.45) is 4.51. The van der Waals surface area contributed by atoms with Crippen molar-refractivity contribution in [3.8, 4) is 5.75 Å². The first kappa shape index (κ1) is 14.6. The second-order valence-electron chi connectivity index (χ2n) is 5.60. The molecule has 3 heteroatoms. The van der Waals surface area contributed by atoms with Crippen LogP contribution in [-0.4, -0.2) is 18.2 Å². The molecule has 0 spiro atoms. The molecule has 0 amide bonds. The number of methoxy groups -OCH3 is 1. The van der Waals surface area contributed by atoms with E-state index in [2.05, 4.69) is 18.2 Å². The quantitative estimate of drug-likeness (QED) is 0.844. The highest BCUT2D eigenvalue weighted by atomic mass is 16.5. The molecule has 0 fully saturated rings. The van der Waals surface area contributed by atoms with E-state index in [1.54, 1.807) is 7.11 Å². The number of hydrogen-bond acceptors (Lipinski definition) is 2. The third kappa shape index (κ3) is 2.58. The van der Waals surface area contributed by atoms with Gasteiger partial charge < -0.3 is 9.84 Å². The third-order valence-corrected chi connectivity index (χ3v) is 4.46. The molecule has 0 saturated heterocycles. The van der Waals surface area contributed by atoms with Gasteiger partial charge in [0.15, 0.2) is 0 Å². The Balaban J connectivity index is 2.29. The smallest absolute Gasteiger partial charge is 0.313 e. The second kappa shape index (κ2) is 5.70. The van der Waals surface area contributed by atoms with Crippen LogP contribution in [0, 0.1) is 5.41 Å². The van der Waals surface area contributed by atoms with E-state index in [0.29, 0.717) is 12.3 Å². The van der Waals surface area contributed by atoms with Crippen molar-refractivity contribution in [1.82, 2.24) is 0 Å². The van der Waals surface area contributed by atoms with Gasteiger partial charge in [-0.05, 0) is 43.9 Å². The van der Waals surface area contributed by atoms with Crippen LogP contribution < -0.4 is 4.74 Å². The van der Waals surface area contributed by atoms with Crippen LogP contribution >= 0.6 is 0 Å². The summed E-state index contributed by atoms with van der Waals surface area (Å²) in [5.41, 5.74) is 1.57. The molecule has 108 valence electrons. The molecule has 0 bridgehead atoms. The lowest BCUT2D eigenvalue weighted by atomic mass is 9.69. The van der Waals surface area contributed by atoms with Crippen LogP contribution in [0.5, 0.6) is 5.75 Å². The van der Waals surface area contributed by atoms with E-state index in [-0.39, 0.29) is 0 Å². The predicted octanol–water partition coefficient (Wildman–Crippen LogP) is 4.00. The van der Waals surface area contributed by atoms with E-state index in [1.165, 1.54) is 5.56 Å². The number of rotatable bonds is 4. The molecule has 3 nitrogen and oxygen atoms in total. The van der Waals surface area contributed by atoms with Crippen molar-refractivity contribution >= 4 is 5.97 Å². The zero-order valence-corrected chi connectivity index (χ0v) is 12.3. The first-order chi connectivity index (χ1) is 9.51. The van der Waals surface area contributed by atoms with E-state index in [0.717, 1.165) is 24.2 Å². The normalized spacial score (nSPS) is 25.9. The van der Waals surface area contributed by atoms with Crippen molar-refractivity contribution in [3.05, 3.63) is 41.5 Å². The molecule has 20 heavy (non-hydrogen) atoms. The number of ether oxygens (including phenoxy) is 1. The molecule has 1 aliphatic carbocycles. The summed E-state index contributed by atoms with van der Waals surface area (Å²) in [6.45, 7) is 3.87. The molecule has 1 aromatic rings. The summed E-state index contributed by atoms with van der Waals surface area (Å²) >= 11 is 0. The van der Waals surface area contributed by atoms with Crippen molar-refractivity contribution < 1.29 is 14.6 Å². The van der Waals surface area contributed by atoms with E-state index in [1.807, 2.05) is 26.0 Å². The fourth-order valence-corrected chi connectivity index (χ4v) is 2.98. The van der Waals surface area contributed by atoms with Gasteiger partial charge in [-0.25, -0.2) is 0 Å². The molecule has 0 saturated carbocycles. The number of carboxylic acid groups (broad SMARTS) is 1. The summed E-state index contributed by atoms with van der Waals surface area (Å²) in [7, 11) is 1.66. The van der Waals surface area contributed by atoms with Crippen LogP contribution in [0.1, 0.15) is 44.6 Å². The van der Waals surface area contributed by atoms with Gasteiger partial charge in [-0.15, -0.1) is 0 Å². The summed E-state index contributed by atoms with van der Waals surface area (Å²) in [5, 5.41) is 9.47. The van der Waals surface area contributed by atoms with Gasteiger partial charge in [0.1, 0.15) is 5.75 Å². The Kier molecular flexibility index (Phi) is 4.17. The van der Waals surface area contributed by atoms with E-state index in [4.69, 9.17) is 4.74 Å². The van der Waals surface area contributed by atoms with Gasteiger partial charge in [0, 0.05) is 5.92 Å². The molecular weight excluding hydrogens is 252 g/mol. The Bertz CT molecular complexity index is 516. The van der Waals surface area contributed by atoms with Crippen LogP contribution in [0.15, 0.2) is 35.9 Å². The SMILES string of the molecule is CCC1=CC(c2ccc(OC)cc2)CCC1(C)C(=O)O. The maximum Gasteiger partial charge on any atom is 0.313 e. The van der Waals surface area contributed by atoms with Gasteiger partial charge >= 0.3 is 5.97 Å². The molecule has 0 aromatic heterocycles. The zero-order chi connectivity index (χ0) is 14.8. The van der Waals surface area contributed by atoms with Gasteiger partial charge in [-0.2, -0.15) is 0 Å². The lowest BCUT2D eigenvalue weighted by molar-refractivity contribution is -0.146. The van der Waals surface area contributed by atoms with Gasteiger partial charge in [0.25, 0.3) is 0 Å². The first-order valence-electron chi connectivity index (χ1n) is 7.09. The molecule has 2 unspecified atom stereocenters. The van der Waals surface area contributed by atoms with Crippen molar-refractivity contribution in [2.24, 2.45) is 5.41 Å². The molecule has 0 aliphatic heterocycles. The Hall–Kier alpha value is -1.77. The van der Waals surface area contributed by atoms with Crippen LogP contribution in [0.3, 0.4) is 0 Å². The second-order valence-corrected chi connectivity index (χ2v) is 5.60. The average molecular weight is 274 g/mol. The van der Waals surface area contributed by atoms with Crippen LogP contribution in [-0.2, 0) is 4.79 Å². The van der Waals surface area contributed by atoms with Crippen LogP contribution in [0.2, 0.25) is 0 Å². The number of benzene rings is 1. The number of allylic oxidation sites excluding steroid dienone is 1. The number of carbonyl (C=O) groups is 1. The fourth-order valence-electron chi connectivity index (χ4n) is 2.98. The zero-order valence-electron chi connectivity index (χ0n) is 12.3. The van der Waals surface area contributed by atoms with Crippen molar-refractivity contribution in [3.63, 3.8) is 0 Å². The number of carboxylic acids is 1. The number of aliphatic carboxylic acids is 1. The highest BCUT2D eigenvalue weighted by Crippen LogP contribution is 2.44. The lowest BCUT2D eigenvalue weighted by Crippen LogP contribution is -2.33. The molecule has 1 aliphatic rings. The minimum absolute atomic E-state index is 0.309. The minimum Gasteiger partial charge on any atom is -0.497 e. The van der Waals surface area contributed by atoms with Crippen molar-refractivity contribution in [2.45, 2.75) is 39.0 Å². The monoisotopic (exact) mass is 274 g/mol.